The number of aromatic nitrogens is 1. The fraction of sp³-hybridized carbons (Fsp3) is 0.667. The zero-order valence-corrected chi connectivity index (χ0v) is 13.5. The van der Waals surface area contributed by atoms with Crippen molar-refractivity contribution in [1.82, 2.24) is 9.88 Å². The molecule has 1 saturated carbocycles. The molecule has 2 rings (SSSR count). The van der Waals surface area contributed by atoms with Crippen molar-refractivity contribution in [3.63, 3.8) is 0 Å². The van der Waals surface area contributed by atoms with Crippen LogP contribution >= 0.6 is 24.0 Å². The summed E-state index contributed by atoms with van der Waals surface area (Å²) in [5.74, 6) is 2.16. The highest BCUT2D eigenvalue weighted by Crippen LogP contribution is 2.25. The molecular formula is C12H21IN4O. The molecular weight excluding hydrogens is 343 g/mol. The summed E-state index contributed by atoms with van der Waals surface area (Å²) in [6.07, 6.45) is 3.24. The van der Waals surface area contributed by atoms with Crippen molar-refractivity contribution >= 4 is 29.9 Å². The van der Waals surface area contributed by atoms with E-state index in [9.17, 15) is 0 Å². The fourth-order valence-electron chi connectivity index (χ4n) is 1.70. The first kappa shape index (κ1) is 15.3. The predicted octanol–water partition coefficient (Wildman–Crippen LogP) is 2.07. The molecule has 0 aliphatic heterocycles. The SMILES string of the molecule is CCc1nc(C)c(CN=C(N)N(C)C2CC2)o1.I. The van der Waals surface area contributed by atoms with Crippen LogP contribution in [0.5, 0.6) is 0 Å². The number of halogens is 1. The Labute approximate surface area is 125 Å². The van der Waals surface area contributed by atoms with E-state index in [1.54, 1.807) is 0 Å². The van der Waals surface area contributed by atoms with E-state index < -0.39 is 0 Å². The molecule has 1 aromatic rings. The van der Waals surface area contributed by atoms with E-state index in [0.29, 0.717) is 18.5 Å². The molecule has 0 unspecified atom stereocenters. The molecule has 1 heterocycles. The van der Waals surface area contributed by atoms with Crippen molar-refractivity contribution in [1.29, 1.82) is 0 Å². The Morgan fingerprint density at radius 2 is 2.22 bits per heavy atom. The molecule has 0 aromatic carbocycles. The maximum Gasteiger partial charge on any atom is 0.194 e. The van der Waals surface area contributed by atoms with Crippen LogP contribution in [0.2, 0.25) is 0 Å². The van der Waals surface area contributed by atoms with Crippen LogP contribution in [0.15, 0.2) is 9.41 Å². The number of hydrogen-bond donors (Lipinski definition) is 1. The second-order valence-electron chi connectivity index (χ2n) is 4.49. The van der Waals surface area contributed by atoms with Crippen LogP contribution < -0.4 is 5.73 Å². The summed E-state index contributed by atoms with van der Waals surface area (Å²) in [4.78, 5) is 10.7. The number of guanidine groups is 1. The highest BCUT2D eigenvalue weighted by molar-refractivity contribution is 14.0. The van der Waals surface area contributed by atoms with Crippen LogP contribution in [-0.2, 0) is 13.0 Å². The zero-order valence-electron chi connectivity index (χ0n) is 11.1. The van der Waals surface area contributed by atoms with Gasteiger partial charge in [0, 0.05) is 19.5 Å². The molecule has 2 N–H and O–H groups in total. The van der Waals surface area contributed by atoms with Gasteiger partial charge < -0.3 is 15.1 Å². The molecule has 0 amide bonds. The molecule has 1 aliphatic rings. The van der Waals surface area contributed by atoms with Gasteiger partial charge in [-0.15, -0.1) is 24.0 Å². The van der Waals surface area contributed by atoms with Crippen LogP contribution in [0, 0.1) is 6.92 Å². The topological polar surface area (TPSA) is 67.7 Å². The van der Waals surface area contributed by atoms with Crippen LogP contribution in [0.3, 0.4) is 0 Å². The first-order chi connectivity index (χ1) is 8.11. The molecule has 102 valence electrons. The van der Waals surface area contributed by atoms with Crippen molar-refractivity contribution in [2.45, 2.75) is 45.7 Å². The molecule has 1 fully saturated rings. The van der Waals surface area contributed by atoms with E-state index in [1.807, 2.05) is 25.8 Å². The third-order valence-corrected chi connectivity index (χ3v) is 3.08. The van der Waals surface area contributed by atoms with Gasteiger partial charge in [0.1, 0.15) is 12.3 Å². The van der Waals surface area contributed by atoms with Gasteiger partial charge in [0.2, 0.25) is 0 Å². The highest BCUT2D eigenvalue weighted by atomic mass is 127. The molecule has 0 atom stereocenters. The largest absolute Gasteiger partial charge is 0.443 e. The van der Waals surface area contributed by atoms with Gasteiger partial charge in [-0.3, -0.25) is 0 Å². The monoisotopic (exact) mass is 364 g/mol. The molecule has 1 aromatic heterocycles. The summed E-state index contributed by atoms with van der Waals surface area (Å²) < 4.78 is 5.58. The lowest BCUT2D eigenvalue weighted by molar-refractivity contribution is 0.454. The van der Waals surface area contributed by atoms with Gasteiger partial charge in [0.15, 0.2) is 11.9 Å². The number of aliphatic imine (C=N–C) groups is 1. The third kappa shape index (κ3) is 3.60. The normalized spacial score (nSPS) is 15.4. The second-order valence-corrected chi connectivity index (χ2v) is 4.49. The van der Waals surface area contributed by atoms with Gasteiger partial charge >= 0.3 is 0 Å². The van der Waals surface area contributed by atoms with Gasteiger partial charge in [-0.2, -0.15) is 0 Å². The Balaban J connectivity index is 0.00000162. The summed E-state index contributed by atoms with van der Waals surface area (Å²) in [5.41, 5.74) is 6.82. The third-order valence-electron chi connectivity index (χ3n) is 3.08. The summed E-state index contributed by atoms with van der Waals surface area (Å²) in [7, 11) is 1.99. The van der Waals surface area contributed by atoms with Crippen LogP contribution in [0.25, 0.3) is 0 Å². The smallest absolute Gasteiger partial charge is 0.194 e. The van der Waals surface area contributed by atoms with Crippen molar-refractivity contribution < 1.29 is 4.42 Å². The molecule has 6 heteroatoms. The maximum absolute atomic E-state index is 5.91. The predicted molar refractivity (Wildman–Crippen MR) is 82.1 cm³/mol. The number of aryl methyl sites for hydroxylation is 2. The minimum absolute atomic E-state index is 0. The highest BCUT2D eigenvalue weighted by Gasteiger charge is 2.27. The van der Waals surface area contributed by atoms with Gasteiger partial charge in [-0.25, -0.2) is 9.98 Å². The van der Waals surface area contributed by atoms with Crippen LogP contribution in [-0.4, -0.2) is 28.9 Å². The molecule has 0 bridgehead atoms. The van der Waals surface area contributed by atoms with Crippen LogP contribution in [0.1, 0.15) is 37.1 Å². The van der Waals surface area contributed by atoms with E-state index in [-0.39, 0.29) is 24.0 Å². The summed E-state index contributed by atoms with van der Waals surface area (Å²) >= 11 is 0. The lowest BCUT2D eigenvalue weighted by atomic mass is 10.4. The zero-order chi connectivity index (χ0) is 12.4. The Morgan fingerprint density at radius 1 is 1.56 bits per heavy atom. The van der Waals surface area contributed by atoms with Gasteiger partial charge in [-0.05, 0) is 19.8 Å². The average Bonchev–Trinajstić information content (AvgIpc) is 3.10. The Kier molecular flexibility index (Phi) is 5.43. The lowest BCUT2D eigenvalue weighted by Gasteiger charge is -2.16. The van der Waals surface area contributed by atoms with Gasteiger partial charge in [0.25, 0.3) is 0 Å². The van der Waals surface area contributed by atoms with Crippen molar-refractivity contribution in [2.24, 2.45) is 10.7 Å². The van der Waals surface area contributed by atoms with E-state index in [2.05, 4.69) is 9.98 Å². The first-order valence-corrected chi connectivity index (χ1v) is 6.09. The van der Waals surface area contributed by atoms with E-state index >= 15 is 0 Å². The van der Waals surface area contributed by atoms with Crippen molar-refractivity contribution in [3.05, 3.63) is 17.3 Å². The van der Waals surface area contributed by atoms with Crippen molar-refractivity contribution in [3.8, 4) is 0 Å². The first-order valence-electron chi connectivity index (χ1n) is 6.09. The molecule has 0 saturated heterocycles. The maximum atomic E-state index is 5.91. The fourth-order valence-corrected chi connectivity index (χ4v) is 1.70. The van der Waals surface area contributed by atoms with E-state index in [4.69, 9.17) is 10.2 Å². The lowest BCUT2D eigenvalue weighted by Crippen LogP contribution is -2.35. The molecule has 0 spiro atoms. The minimum Gasteiger partial charge on any atom is -0.443 e. The average molecular weight is 364 g/mol. The van der Waals surface area contributed by atoms with Crippen molar-refractivity contribution in [2.75, 3.05) is 7.05 Å². The standard InChI is InChI=1S/C12H20N4O.HI/c1-4-11-15-8(2)10(17-11)7-14-12(13)16(3)9-5-6-9;/h9H,4-7H2,1-3H3,(H2,13,14);1H. The summed E-state index contributed by atoms with van der Waals surface area (Å²) in [6.45, 7) is 4.43. The Bertz CT molecular complexity index is 426. The summed E-state index contributed by atoms with van der Waals surface area (Å²) in [6, 6.07) is 0.584. The molecule has 1 aliphatic carbocycles. The van der Waals surface area contributed by atoms with Crippen LogP contribution in [0.4, 0.5) is 0 Å². The summed E-state index contributed by atoms with van der Waals surface area (Å²) in [5, 5.41) is 0. The van der Waals surface area contributed by atoms with E-state index in [0.717, 1.165) is 23.8 Å². The molecule has 0 radical (unpaired) electrons. The quantitative estimate of drug-likeness (QED) is 0.505. The Hall–Kier alpha value is -0.790. The second kappa shape index (κ2) is 6.40. The van der Waals surface area contributed by atoms with Gasteiger partial charge in [0.05, 0.1) is 5.69 Å². The van der Waals surface area contributed by atoms with E-state index in [1.165, 1.54) is 12.8 Å². The minimum atomic E-state index is 0. The molecule has 5 nitrogen and oxygen atoms in total. The number of nitrogens with two attached hydrogens (primary N) is 1. The molecule has 18 heavy (non-hydrogen) atoms. The number of oxazole rings is 1. The number of rotatable bonds is 4. The number of nitrogens with zero attached hydrogens (tertiary/aromatic N) is 3. The number of hydrogen-bond acceptors (Lipinski definition) is 3. The van der Waals surface area contributed by atoms with Gasteiger partial charge in [-0.1, -0.05) is 6.92 Å². The Morgan fingerprint density at radius 3 is 2.72 bits per heavy atom.